The van der Waals surface area contributed by atoms with Crippen molar-refractivity contribution in [3.8, 4) is 11.6 Å². The molecule has 2 rings (SSSR count). The number of carbonyl (C=O) groups excluding carboxylic acids is 1. The molecule has 1 aromatic carbocycles. The van der Waals surface area contributed by atoms with E-state index in [0.717, 1.165) is 5.75 Å². The molecule has 0 unspecified atom stereocenters. The van der Waals surface area contributed by atoms with Crippen LogP contribution in [0.5, 0.6) is 11.6 Å². The highest BCUT2D eigenvalue weighted by Crippen LogP contribution is 2.22. The minimum Gasteiger partial charge on any atom is -0.439 e. The first-order valence-electron chi connectivity index (χ1n) is 6.93. The minimum atomic E-state index is -0.0738. The van der Waals surface area contributed by atoms with Crippen LogP contribution in [0, 0.1) is 0 Å². The molecular weight excluding hydrogens is 264 g/mol. The van der Waals surface area contributed by atoms with Crippen LogP contribution in [0.3, 0.4) is 0 Å². The molecule has 0 saturated carbocycles. The van der Waals surface area contributed by atoms with Gasteiger partial charge in [-0.05, 0) is 29.7 Å². The van der Waals surface area contributed by atoms with Crippen molar-refractivity contribution in [3.63, 3.8) is 0 Å². The Balaban J connectivity index is 2.08. The molecule has 0 radical (unpaired) electrons. The van der Waals surface area contributed by atoms with Gasteiger partial charge in [0.25, 0.3) is 5.91 Å². The summed E-state index contributed by atoms with van der Waals surface area (Å²) < 4.78 is 5.67. The first kappa shape index (κ1) is 15.0. The van der Waals surface area contributed by atoms with Crippen LogP contribution in [-0.4, -0.2) is 29.9 Å². The van der Waals surface area contributed by atoms with Crippen molar-refractivity contribution in [1.29, 1.82) is 0 Å². The highest BCUT2D eigenvalue weighted by atomic mass is 16.5. The topological polar surface area (TPSA) is 42.4 Å². The fourth-order valence-electron chi connectivity index (χ4n) is 1.87. The van der Waals surface area contributed by atoms with E-state index in [1.165, 1.54) is 16.7 Å². The number of ether oxygens (including phenoxy) is 1. The molecular formula is C17H20N2O2. The molecule has 21 heavy (non-hydrogen) atoms. The molecule has 2 aromatic rings. The second-order valence-corrected chi connectivity index (χ2v) is 5.41. The second-order valence-electron chi connectivity index (χ2n) is 5.41. The maximum atomic E-state index is 11.8. The molecule has 1 aromatic heterocycles. The molecule has 1 heterocycles. The first-order valence-corrected chi connectivity index (χ1v) is 6.93. The van der Waals surface area contributed by atoms with Crippen molar-refractivity contribution in [3.05, 3.63) is 53.7 Å². The average molecular weight is 284 g/mol. The summed E-state index contributed by atoms with van der Waals surface area (Å²) in [6.07, 6.45) is 1.53. The van der Waals surface area contributed by atoms with Gasteiger partial charge in [0, 0.05) is 26.4 Å². The first-order chi connectivity index (χ1) is 9.97. The minimum absolute atomic E-state index is 0.0738. The Kier molecular flexibility index (Phi) is 4.58. The van der Waals surface area contributed by atoms with Gasteiger partial charge in [-0.3, -0.25) is 4.79 Å². The van der Waals surface area contributed by atoms with Gasteiger partial charge in [-0.2, -0.15) is 0 Å². The number of amides is 1. The van der Waals surface area contributed by atoms with Crippen LogP contribution < -0.4 is 4.74 Å². The maximum absolute atomic E-state index is 11.8. The van der Waals surface area contributed by atoms with E-state index < -0.39 is 0 Å². The Bertz CT molecular complexity index is 602. The Labute approximate surface area is 125 Å². The summed E-state index contributed by atoms with van der Waals surface area (Å²) in [6.45, 7) is 4.30. The molecule has 110 valence electrons. The third kappa shape index (κ3) is 3.81. The standard InChI is InChI=1S/C17H20N2O2/c1-12(2)13-5-8-15(9-6-13)21-16-10-7-14(11-18-16)17(20)19(3)4/h5-12H,1-4H3. The number of pyridine rings is 1. The zero-order chi connectivity index (χ0) is 15.4. The summed E-state index contributed by atoms with van der Waals surface area (Å²) in [4.78, 5) is 17.4. The fourth-order valence-corrected chi connectivity index (χ4v) is 1.87. The molecule has 0 bridgehead atoms. The summed E-state index contributed by atoms with van der Waals surface area (Å²) in [6, 6.07) is 11.4. The van der Waals surface area contributed by atoms with Crippen LogP contribution >= 0.6 is 0 Å². The van der Waals surface area contributed by atoms with Gasteiger partial charge < -0.3 is 9.64 Å². The lowest BCUT2D eigenvalue weighted by Crippen LogP contribution is -2.21. The Morgan fingerprint density at radius 2 is 1.76 bits per heavy atom. The quantitative estimate of drug-likeness (QED) is 0.859. The summed E-state index contributed by atoms with van der Waals surface area (Å²) in [5.41, 5.74) is 1.81. The van der Waals surface area contributed by atoms with E-state index in [2.05, 4.69) is 18.8 Å². The molecule has 0 N–H and O–H groups in total. The van der Waals surface area contributed by atoms with Gasteiger partial charge in [0.2, 0.25) is 5.88 Å². The lowest BCUT2D eigenvalue weighted by Gasteiger charge is -2.11. The normalized spacial score (nSPS) is 10.5. The predicted molar refractivity (Wildman–Crippen MR) is 82.9 cm³/mol. The predicted octanol–water partition coefficient (Wildman–Crippen LogP) is 3.70. The van der Waals surface area contributed by atoms with Crippen LogP contribution in [0.2, 0.25) is 0 Å². The van der Waals surface area contributed by atoms with E-state index in [0.29, 0.717) is 17.4 Å². The third-order valence-electron chi connectivity index (χ3n) is 3.16. The van der Waals surface area contributed by atoms with E-state index in [4.69, 9.17) is 4.74 Å². The number of carbonyl (C=O) groups is 1. The molecule has 0 atom stereocenters. The van der Waals surface area contributed by atoms with Crippen molar-refractivity contribution in [2.75, 3.05) is 14.1 Å². The van der Waals surface area contributed by atoms with Gasteiger partial charge in [0.1, 0.15) is 5.75 Å². The summed E-state index contributed by atoms with van der Waals surface area (Å²) in [7, 11) is 3.42. The van der Waals surface area contributed by atoms with Crippen LogP contribution in [-0.2, 0) is 0 Å². The highest BCUT2D eigenvalue weighted by molar-refractivity contribution is 5.93. The van der Waals surface area contributed by atoms with Crippen molar-refractivity contribution < 1.29 is 9.53 Å². The van der Waals surface area contributed by atoms with E-state index in [1.54, 1.807) is 26.2 Å². The van der Waals surface area contributed by atoms with Gasteiger partial charge in [-0.15, -0.1) is 0 Å². The van der Waals surface area contributed by atoms with E-state index in [9.17, 15) is 4.79 Å². The zero-order valence-electron chi connectivity index (χ0n) is 12.8. The van der Waals surface area contributed by atoms with Crippen molar-refractivity contribution >= 4 is 5.91 Å². The molecule has 0 fully saturated rings. The number of nitrogens with zero attached hydrogens (tertiary/aromatic N) is 2. The van der Waals surface area contributed by atoms with Crippen LogP contribution in [0.15, 0.2) is 42.6 Å². The van der Waals surface area contributed by atoms with Crippen LogP contribution in [0.1, 0.15) is 35.7 Å². The van der Waals surface area contributed by atoms with Crippen LogP contribution in [0.25, 0.3) is 0 Å². The monoisotopic (exact) mass is 284 g/mol. The largest absolute Gasteiger partial charge is 0.439 e. The van der Waals surface area contributed by atoms with Crippen molar-refractivity contribution in [2.24, 2.45) is 0 Å². The molecule has 0 aliphatic heterocycles. The molecule has 0 saturated heterocycles. The fraction of sp³-hybridized carbons (Fsp3) is 0.294. The van der Waals surface area contributed by atoms with Gasteiger partial charge >= 0.3 is 0 Å². The Morgan fingerprint density at radius 1 is 1.10 bits per heavy atom. The van der Waals surface area contributed by atoms with Crippen molar-refractivity contribution in [1.82, 2.24) is 9.88 Å². The van der Waals surface area contributed by atoms with E-state index in [-0.39, 0.29) is 5.91 Å². The summed E-state index contributed by atoms with van der Waals surface area (Å²) in [5, 5.41) is 0. The van der Waals surface area contributed by atoms with Gasteiger partial charge in [0.15, 0.2) is 0 Å². The number of rotatable bonds is 4. The molecule has 4 nitrogen and oxygen atoms in total. The summed E-state index contributed by atoms with van der Waals surface area (Å²) in [5.74, 6) is 1.63. The Morgan fingerprint density at radius 3 is 2.24 bits per heavy atom. The molecule has 0 aliphatic carbocycles. The Hall–Kier alpha value is -2.36. The second kappa shape index (κ2) is 6.39. The number of hydrogen-bond acceptors (Lipinski definition) is 3. The highest BCUT2D eigenvalue weighted by Gasteiger charge is 2.08. The van der Waals surface area contributed by atoms with Gasteiger partial charge in [0.05, 0.1) is 5.56 Å². The SMILES string of the molecule is CC(C)c1ccc(Oc2ccc(C(=O)N(C)C)cn2)cc1. The van der Waals surface area contributed by atoms with Crippen LogP contribution in [0.4, 0.5) is 0 Å². The summed E-state index contributed by atoms with van der Waals surface area (Å²) >= 11 is 0. The maximum Gasteiger partial charge on any atom is 0.254 e. The number of aromatic nitrogens is 1. The van der Waals surface area contributed by atoms with E-state index >= 15 is 0 Å². The van der Waals surface area contributed by atoms with E-state index in [1.807, 2.05) is 24.3 Å². The smallest absolute Gasteiger partial charge is 0.254 e. The van der Waals surface area contributed by atoms with Crippen molar-refractivity contribution in [2.45, 2.75) is 19.8 Å². The number of hydrogen-bond donors (Lipinski definition) is 0. The third-order valence-corrected chi connectivity index (χ3v) is 3.16. The molecule has 1 amide bonds. The lowest BCUT2D eigenvalue weighted by atomic mass is 10.0. The molecule has 0 aliphatic rings. The van der Waals surface area contributed by atoms with Gasteiger partial charge in [-0.1, -0.05) is 26.0 Å². The zero-order valence-corrected chi connectivity index (χ0v) is 12.8. The average Bonchev–Trinajstić information content (AvgIpc) is 2.47. The number of benzene rings is 1. The van der Waals surface area contributed by atoms with Gasteiger partial charge in [-0.25, -0.2) is 4.98 Å². The lowest BCUT2D eigenvalue weighted by molar-refractivity contribution is 0.0827. The molecule has 4 heteroatoms. The molecule has 0 spiro atoms.